The molecule has 2 N–H and O–H groups in total. The molecular formula is C19H32N2O+2. The summed E-state index contributed by atoms with van der Waals surface area (Å²) in [4.78, 5) is 3.55. The van der Waals surface area contributed by atoms with Gasteiger partial charge in [0, 0.05) is 18.4 Å². The Morgan fingerprint density at radius 1 is 1.00 bits per heavy atom. The predicted octanol–water partition coefficient (Wildman–Crippen LogP) is 0.234. The number of piperidine rings is 1. The van der Waals surface area contributed by atoms with E-state index in [1.54, 1.807) is 9.80 Å². The van der Waals surface area contributed by atoms with E-state index in [-0.39, 0.29) is 0 Å². The number of hydrogen-bond donors (Lipinski definition) is 2. The van der Waals surface area contributed by atoms with Crippen LogP contribution in [0.1, 0.15) is 37.8 Å². The average Bonchev–Trinajstić information content (AvgIpc) is 2.49. The van der Waals surface area contributed by atoms with Crippen molar-refractivity contribution in [1.82, 2.24) is 0 Å². The van der Waals surface area contributed by atoms with E-state index in [1.165, 1.54) is 56.7 Å². The van der Waals surface area contributed by atoms with E-state index in [0.717, 1.165) is 6.04 Å². The lowest BCUT2D eigenvalue weighted by Gasteiger charge is -2.39. The van der Waals surface area contributed by atoms with Crippen molar-refractivity contribution in [3.63, 3.8) is 0 Å². The van der Waals surface area contributed by atoms with E-state index in [9.17, 15) is 0 Å². The van der Waals surface area contributed by atoms with Gasteiger partial charge in [-0.05, 0) is 20.8 Å². The highest BCUT2D eigenvalue weighted by molar-refractivity contribution is 5.20. The van der Waals surface area contributed by atoms with E-state index >= 15 is 0 Å². The average molecular weight is 304 g/mol. The largest absolute Gasteiger partial charge is 0.364 e. The van der Waals surface area contributed by atoms with Crippen molar-refractivity contribution in [1.29, 1.82) is 0 Å². The van der Waals surface area contributed by atoms with Gasteiger partial charge in [-0.25, -0.2) is 0 Å². The van der Waals surface area contributed by atoms with Crippen molar-refractivity contribution in [3.05, 3.63) is 35.4 Å². The van der Waals surface area contributed by atoms with Crippen molar-refractivity contribution >= 4 is 0 Å². The van der Waals surface area contributed by atoms with Crippen LogP contribution in [0.2, 0.25) is 0 Å². The molecule has 22 heavy (non-hydrogen) atoms. The number of rotatable bonds is 3. The number of benzene rings is 1. The van der Waals surface area contributed by atoms with Crippen molar-refractivity contribution in [2.45, 2.75) is 58.4 Å². The van der Waals surface area contributed by atoms with Crippen LogP contribution in [0, 0.1) is 6.92 Å². The molecule has 2 saturated heterocycles. The zero-order valence-electron chi connectivity index (χ0n) is 14.4. The molecule has 3 atom stereocenters. The Balaban J connectivity index is 1.48. The minimum Gasteiger partial charge on any atom is -0.364 e. The molecule has 2 heterocycles. The Bertz CT molecular complexity index is 455. The summed E-state index contributed by atoms with van der Waals surface area (Å²) in [7, 11) is 0. The predicted molar refractivity (Wildman–Crippen MR) is 89.3 cm³/mol. The van der Waals surface area contributed by atoms with Crippen LogP contribution in [0.5, 0.6) is 0 Å². The summed E-state index contributed by atoms with van der Waals surface area (Å²) in [5, 5.41) is 0. The van der Waals surface area contributed by atoms with Gasteiger partial charge in [-0.2, -0.15) is 0 Å². The molecule has 0 saturated carbocycles. The molecule has 0 spiro atoms. The minimum absolute atomic E-state index is 0.427. The quantitative estimate of drug-likeness (QED) is 0.818. The molecule has 2 aliphatic rings. The first-order valence-corrected chi connectivity index (χ1v) is 8.99. The third-order valence-corrected chi connectivity index (χ3v) is 5.41. The van der Waals surface area contributed by atoms with Crippen LogP contribution in [0.15, 0.2) is 24.3 Å². The monoisotopic (exact) mass is 304 g/mol. The van der Waals surface area contributed by atoms with Crippen LogP contribution >= 0.6 is 0 Å². The van der Waals surface area contributed by atoms with E-state index in [4.69, 9.17) is 4.74 Å². The maximum atomic E-state index is 5.89. The standard InChI is InChI=1S/C19H30N2O/c1-15-4-6-18(7-5-15)14-20-10-8-19(9-11-20)21-12-16(2)22-17(3)13-21/h4-7,16-17,19H,8-14H2,1-3H3/p+2/t16-,17+. The molecule has 3 nitrogen and oxygen atoms in total. The summed E-state index contributed by atoms with van der Waals surface area (Å²) in [5.41, 5.74) is 2.84. The summed E-state index contributed by atoms with van der Waals surface area (Å²) >= 11 is 0. The molecule has 0 amide bonds. The number of hydrogen-bond acceptors (Lipinski definition) is 1. The Morgan fingerprint density at radius 3 is 2.18 bits per heavy atom. The van der Waals surface area contributed by atoms with Crippen LogP contribution in [0.4, 0.5) is 0 Å². The van der Waals surface area contributed by atoms with Gasteiger partial charge in [0.2, 0.25) is 0 Å². The molecule has 0 aliphatic carbocycles. The zero-order chi connectivity index (χ0) is 15.5. The molecule has 1 aromatic rings. The highest BCUT2D eigenvalue weighted by Gasteiger charge is 2.34. The molecule has 1 aromatic carbocycles. The van der Waals surface area contributed by atoms with Crippen molar-refractivity contribution < 1.29 is 14.5 Å². The van der Waals surface area contributed by atoms with Gasteiger partial charge >= 0.3 is 0 Å². The maximum Gasteiger partial charge on any atom is 0.104 e. The number of ether oxygens (including phenoxy) is 1. The van der Waals surface area contributed by atoms with Gasteiger partial charge in [0.05, 0.1) is 19.1 Å². The summed E-state index contributed by atoms with van der Waals surface area (Å²) in [6.07, 6.45) is 3.60. The number of likely N-dealkylation sites (tertiary alicyclic amines) is 1. The molecule has 1 unspecified atom stereocenters. The highest BCUT2D eigenvalue weighted by atomic mass is 16.5. The number of aryl methyl sites for hydroxylation is 1. The second-order valence-corrected chi connectivity index (χ2v) is 7.51. The molecule has 2 aliphatic heterocycles. The first kappa shape index (κ1) is 16.0. The number of nitrogens with one attached hydrogen (secondary N) is 2. The van der Waals surface area contributed by atoms with Gasteiger partial charge in [-0.15, -0.1) is 0 Å². The van der Waals surface area contributed by atoms with E-state index < -0.39 is 0 Å². The van der Waals surface area contributed by atoms with E-state index in [0.29, 0.717) is 12.2 Å². The summed E-state index contributed by atoms with van der Waals surface area (Å²) in [6, 6.07) is 9.93. The molecular weight excluding hydrogens is 272 g/mol. The Labute approximate surface area is 135 Å². The molecule has 0 bridgehead atoms. The third kappa shape index (κ3) is 4.09. The molecule has 0 radical (unpaired) electrons. The second-order valence-electron chi connectivity index (χ2n) is 7.51. The minimum atomic E-state index is 0.427. The zero-order valence-corrected chi connectivity index (χ0v) is 14.4. The Morgan fingerprint density at radius 2 is 1.59 bits per heavy atom. The maximum absolute atomic E-state index is 5.89. The lowest BCUT2D eigenvalue weighted by Crippen LogP contribution is -3.22. The normalized spacial score (nSPS) is 36.2. The van der Waals surface area contributed by atoms with Crippen LogP contribution in [0.3, 0.4) is 0 Å². The summed E-state index contributed by atoms with van der Waals surface area (Å²) in [5.74, 6) is 0. The number of morpholine rings is 1. The smallest absolute Gasteiger partial charge is 0.104 e. The highest BCUT2D eigenvalue weighted by Crippen LogP contribution is 2.05. The van der Waals surface area contributed by atoms with Crippen LogP contribution in [-0.4, -0.2) is 44.4 Å². The fraction of sp³-hybridized carbons (Fsp3) is 0.684. The third-order valence-electron chi connectivity index (χ3n) is 5.41. The number of quaternary nitrogens is 2. The first-order chi connectivity index (χ1) is 10.6. The van der Waals surface area contributed by atoms with Crippen molar-refractivity contribution in [2.75, 3.05) is 26.2 Å². The van der Waals surface area contributed by atoms with Crippen molar-refractivity contribution in [3.8, 4) is 0 Å². The van der Waals surface area contributed by atoms with Gasteiger partial charge in [-0.1, -0.05) is 29.8 Å². The lowest BCUT2D eigenvalue weighted by atomic mass is 10.0. The SMILES string of the molecule is Cc1ccc(C[NH+]2CCC([NH+]3C[C@@H](C)O[C@@H](C)C3)CC2)cc1. The van der Waals surface area contributed by atoms with Crippen LogP contribution in [0.25, 0.3) is 0 Å². The van der Waals surface area contributed by atoms with Gasteiger partial charge in [-0.3, -0.25) is 0 Å². The first-order valence-electron chi connectivity index (χ1n) is 8.99. The molecule has 122 valence electrons. The van der Waals surface area contributed by atoms with Crippen molar-refractivity contribution in [2.24, 2.45) is 0 Å². The van der Waals surface area contributed by atoms with E-state index in [1.807, 2.05) is 0 Å². The fourth-order valence-electron chi connectivity index (χ4n) is 4.25. The Hall–Kier alpha value is -0.900. The van der Waals surface area contributed by atoms with Gasteiger partial charge < -0.3 is 14.5 Å². The molecule has 3 heteroatoms. The fourth-order valence-corrected chi connectivity index (χ4v) is 4.25. The lowest BCUT2D eigenvalue weighted by molar-refractivity contribution is -0.970. The molecule has 2 fully saturated rings. The van der Waals surface area contributed by atoms with E-state index in [2.05, 4.69) is 45.0 Å². The van der Waals surface area contributed by atoms with Crippen LogP contribution in [-0.2, 0) is 11.3 Å². The van der Waals surface area contributed by atoms with Gasteiger partial charge in [0.25, 0.3) is 0 Å². The molecule has 3 rings (SSSR count). The van der Waals surface area contributed by atoms with Crippen LogP contribution < -0.4 is 9.80 Å². The van der Waals surface area contributed by atoms with Gasteiger partial charge in [0.15, 0.2) is 0 Å². The van der Waals surface area contributed by atoms with Gasteiger partial charge in [0.1, 0.15) is 31.8 Å². The second kappa shape index (κ2) is 7.12. The summed E-state index contributed by atoms with van der Waals surface area (Å²) < 4.78 is 5.89. The molecule has 0 aromatic heterocycles. The Kier molecular flexibility index (Phi) is 5.17. The summed E-state index contributed by atoms with van der Waals surface area (Å²) in [6.45, 7) is 12.9. The topological polar surface area (TPSA) is 18.1 Å².